The fourth-order valence-corrected chi connectivity index (χ4v) is 1.09. The average molecular weight is 238 g/mol. The highest BCUT2D eigenvalue weighted by Gasteiger charge is 2.20. The van der Waals surface area contributed by atoms with E-state index in [4.69, 9.17) is 5.11 Å². The fraction of sp³-hybridized carbons (Fsp3) is 0.500. The van der Waals surface area contributed by atoms with Crippen molar-refractivity contribution in [2.24, 2.45) is 0 Å². The number of rotatable bonds is 4. The SMILES string of the molecule is CN(C)C(Cc1c[nH]cn1)C(=O)O.Cl.O. The molecular weight excluding hydrogens is 222 g/mol. The summed E-state index contributed by atoms with van der Waals surface area (Å²) in [5.74, 6) is -0.826. The lowest BCUT2D eigenvalue weighted by molar-refractivity contribution is -0.142. The molecule has 1 aromatic rings. The molecule has 1 atom stereocenters. The fourth-order valence-electron chi connectivity index (χ4n) is 1.09. The van der Waals surface area contributed by atoms with Gasteiger partial charge in [-0.15, -0.1) is 12.4 Å². The van der Waals surface area contributed by atoms with Gasteiger partial charge in [0.25, 0.3) is 0 Å². The van der Waals surface area contributed by atoms with Gasteiger partial charge in [0.15, 0.2) is 0 Å². The van der Waals surface area contributed by atoms with E-state index >= 15 is 0 Å². The summed E-state index contributed by atoms with van der Waals surface area (Å²) in [7, 11) is 3.48. The summed E-state index contributed by atoms with van der Waals surface area (Å²) in [4.78, 5) is 19.2. The third-order valence-electron chi connectivity index (χ3n) is 1.87. The summed E-state index contributed by atoms with van der Waals surface area (Å²) < 4.78 is 0. The summed E-state index contributed by atoms with van der Waals surface area (Å²) in [6.45, 7) is 0. The Bertz CT molecular complexity index is 277. The van der Waals surface area contributed by atoms with E-state index in [0.717, 1.165) is 5.69 Å². The zero-order chi connectivity index (χ0) is 9.84. The number of hydrogen-bond donors (Lipinski definition) is 2. The standard InChI is InChI=1S/C8H13N3O2.ClH.H2O/c1-11(2)7(8(12)13)3-6-4-9-5-10-6;;/h4-5,7H,3H2,1-2H3,(H,9,10)(H,12,13);1H;1H2. The normalized spacial score (nSPS) is 11.4. The molecule has 4 N–H and O–H groups in total. The number of carboxylic acids is 1. The maximum atomic E-state index is 10.8. The minimum absolute atomic E-state index is 0. The van der Waals surface area contributed by atoms with Crippen molar-refractivity contribution in [3.05, 3.63) is 18.2 Å². The number of aromatic amines is 1. The van der Waals surface area contributed by atoms with Crippen molar-refractivity contribution in [1.29, 1.82) is 0 Å². The van der Waals surface area contributed by atoms with Gasteiger partial charge < -0.3 is 15.6 Å². The number of likely N-dealkylation sites (N-methyl/N-ethyl adjacent to an activating group) is 1. The van der Waals surface area contributed by atoms with Gasteiger partial charge in [-0.3, -0.25) is 9.69 Å². The summed E-state index contributed by atoms with van der Waals surface area (Å²) >= 11 is 0. The van der Waals surface area contributed by atoms with Gasteiger partial charge in [-0.25, -0.2) is 4.98 Å². The van der Waals surface area contributed by atoms with Crippen LogP contribution in [0.4, 0.5) is 0 Å². The van der Waals surface area contributed by atoms with E-state index in [1.807, 2.05) is 0 Å². The number of nitrogens with one attached hydrogen (secondary N) is 1. The second kappa shape index (κ2) is 7.22. The first-order valence-corrected chi connectivity index (χ1v) is 3.98. The highest BCUT2D eigenvalue weighted by Crippen LogP contribution is 2.03. The Balaban J connectivity index is 0. The Morgan fingerprint density at radius 2 is 2.27 bits per heavy atom. The number of halogens is 1. The molecule has 0 saturated heterocycles. The topological polar surface area (TPSA) is 101 Å². The molecule has 1 unspecified atom stereocenters. The first kappa shape index (κ1) is 16.3. The second-order valence-electron chi connectivity index (χ2n) is 3.08. The van der Waals surface area contributed by atoms with Crippen molar-refractivity contribution >= 4 is 18.4 Å². The van der Waals surface area contributed by atoms with Crippen molar-refractivity contribution in [2.45, 2.75) is 12.5 Å². The average Bonchev–Trinajstić information content (AvgIpc) is 2.50. The smallest absolute Gasteiger partial charge is 0.321 e. The number of carboxylic acid groups (broad SMARTS) is 1. The summed E-state index contributed by atoms with van der Waals surface area (Å²) in [6, 6.07) is -0.511. The molecule has 0 fully saturated rings. The van der Waals surface area contributed by atoms with Crippen LogP contribution in [0.3, 0.4) is 0 Å². The van der Waals surface area contributed by atoms with E-state index in [1.165, 1.54) is 0 Å². The van der Waals surface area contributed by atoms with E-state index in [0.29, 0.717) is 6.42 Å². The largest absolute Gasteiger partial charge is 0.480 e. The lowest BCUT2D eigenvalue weighted by atomic mass is 10.1. The van der Waals surface area contributed by atoms with Crippen LogP contribution in [0.25, 0.3) is 0 Å². The molecule has 1 rings (SSSR count). The Morgan fingerprint density at radius 1 is 1.67 bits per heavy atom. The molecule has 0 aromatic carbocycles. The third-order valence-corrected chi connectivity index (χ3v) is 1.87. The molecule has 6 nitrogen and oxygen atoms in total. The number of aromatic nitrogens is 2. The molecule has 1 heterocycles. The minimum Gasteiger partial charge on any atom is -0.480 e. The quantitative estimate of drug-likeness (QED) is 0.742. The maximum Gasteiger partial charge on any atom is 0.321 e. The van der Waals surface area contributed by atoms with E-state index in [2.05, 4.69) is 9.97 Å². The summed E-state index contributed by atoms with van der Waals surface area (Å²) in [5.41, 5.74) is 0.765. The highest BCUT2D eigenvalue weighted by atomic mass is 35.5. The number of carbonyl (C=O) groups is 1. The molecule has 0 spiro atoms. The molecular formula is C8H16ClN3O3. The summed E-state index contributed by atoms with van der Waals surface area (Å²) in [6.07, 6.45) is 3.68. The number of aliphatic carboxylic acids is 1. The Hall–Kier alpha value is -1.11. The number of nitrogens with zero attached hydrogens (tertiary/aromatic N) is 2. The number of hydrogen-bond acceptors (Lipinski definition) is 3. The van der Waals surface area contributed by atoms with Crippen LogP contribution in [-0.2, 0) is 11.2 Å². The van der Waals surface area contributed by atoms with Gasteiger partial charge in [0, 0.05) is 12.6 Å². The zero-order valence-corrected chi connectivity index (χ0v) is 9.41. The molecule has 0 aliphatic rings. The van der Waals surface area contributed by atoms with E-state index in [9.17, 15) is 4.79 Å². The van der Waals surface area contributed by atoms with Gasteiger partial charge in [-0.2, -0.15) is 0 Å². The van der Waals surface area contributed by atoms with Crippen LogP contribution in [0.5, 0.6) is 0 Å². The van der Waals surface area contributed by atoms with Crippen molar-refractivity contribution in [2.75, 3.05) is 14.1 Å². The molecule has 0 aliphatic carbocycles. The van der Waals surface area contributed by atoms with Gasteiger partial charge in [-0.1, -0.05) is 0 Å². The van der Waals surface area contributed by atoms with E-state index in [1.54, 1.807) is 31.5 Å². The molecule has 7 heteroatoms. The Labute approximate surface area is 94.0 Å². The summed E-state index contributed by atoms with van der Waals surface area (Å²) in [5, 5.41) is 8.86. The van der Waals surface area contributed by atoms with Crippen LogP contribution >= 0.6 is 12.4 Å². The molecule has 0 bridgehead atoms. The minimum atomic E-state index is -0.826. The molecule has 0 aliphatic heterocycles. The van der Waals surface area contributed by atoms with Gasteiger partial charge in [0.1, 0.15) is 6.04 Å². The van der Waals surface area contributed by atoms with Crippen LogP contribution < -0.4 is 0 Å². The molecule has 0 saturated carbocycles. The van der Waals surface area contributed by atoms with Gasteiger partial charge in [0.05, 0.1) is 12.0 Å². The van der Waals surface area contributed by atoms with Crippen LogP contribution in [0.1, 0.15) is 5.69 Å². The predicted molar refractivity (Wildman–Crippen MR) is 58.3 cm³/mol. The lowest BCUT2D eigenvalue weighted by Gasteiger charge is -2.18. The maximum absolute atomic E-state index is 10.8. The van der Waals surface area contributed by atoms with E-state index in [-0.39, 0.29) is 17.9 Å². The van der Waals surface area contributed by atoms with Crippen LogP contribution in [0.15, 0.2) is 12.5 Å². The lowest BCUT2D eigenvalue weighted by Crippen LogP contribution is -2.37. The zero-order valence-electron chi connectivity index (χ0n) is 8.60. The second-order valence-corrected chi connectivity index (χ2v) is 3.08. The van der Waals surface area contributed by atoms with Gasteiger partial charge >= 0.3 is 5.97 Å². The number of imidazole rings is 1. The van der Waals surface area contributed by atoms with Crippen LogP contribution in [0, 0.1) is 0 Å². The molecule has 0 radical (unpaired) electrons. The Morgan fingerprint density at radius 3 is 2.60 bits per heavy atom. The first-order chi connectivity index (χ1) is 6.11. The van der Waals surface area contributed by atoms with Crippen molar-refractivity contribution in [1.82, 2.24) is 14.9 Å². The molecule has 15 heavy (non-hydrogen) atoms. The predicted octanol–water partition coefficient (Wildman–Crippen LogP) is -0.436. The van der Waals surface area contributed by atoms with E-state index < -0.39 is 12.0 Å². The first-order valence-electron chi connectivity index (χ1n) is 3.98. The molecule has 0 amide bonds. The van der Waals surface area contributed by atoms with Gasteiger partial charge in [-0.05, 0) is 14.1 Å². The van der Waals surface area contributed by atoms with Gasteiger partial charge in [0.2, 0.25) is 0 Å². The van der Waals surface area contributed by atoms with Crippen molar-refractivity contribution < 1.29 is 15.4 Å². The third kappa shape index (κ3) is 4.78. The van der Waals surface area contributed by atoms with Crippen LogP contribution in [-0.4, -0.2) is 51.6 Å². The number of H-pyrrole nitrogens is 1. The van der Waals surface area contributed by atoms with Crippen LogP contribution in [0.2, 0.25) is 0 Å². The molecule has 88 valence electrons. The van der Waals surface area contributed by atoms with Crippen molar-refractivity contribution in [3.63, 3.8) is 0 Å². The van der Waals surface area contributed by atoms with Crippen molar-refractivity contribution in [3.8, 4) is 0 Å². The molecule has 1 aromatic heterocycles. The Kier molecular flexibility index (Phi) is 7.85. The monoisotopic (exact) mass is 237 g/mol. The highest BCUT2D eigenvalue weighted by molar-refractivity contribution is 5.85.